The molecule has 0 aromatic heterocycles. The first-order valence-corrected chi connectivity index (χ1v) is 7.97. The van der Waals surface area contributed by atoms with Gasteiger partial charge in [0.15, 0.2) is 0 Å². The van der Waals surface area contributed by atoms with Crippen molar-refractivity contribution in [1.29, 1.82) is 0 Å². The monoisotopic (exact) mass is 263 g/mol. The van der Waals surface area contributed by atoms with Gasteiger partial charge in [0.05, 0.1) is 0 Å². The fourth-order valence-electron chi connectivity index (χ4n) is 2.00. The molecule has 0 aliphatic carbocycles. The number of hydrogen-bond acceptors (Lipinski definition) is 3. The number of nitrogens with one attached hydrogen (secondary N) is 1. The van der Waals surface area contributed by atoms with Crippen molar-refractivity contribution in [3.05, 3.63) is 0 Å². The van der Waals surface area contributed by atoms with Gasteiger partial charge >= 0.3 is 0 Å². The lowest BCUT2D eigenvalue weighted by molar-refractivity contribution is 0.413. The third kappa shape index (κ3) is 5.81. The van der Waals surface area contributed by atoms with Gasteiger partial charge < -0.3 is 5.73 Å². The molecular weight excluding hydrogens is 238 g/mol. The van der Waals surface area contributed by atoms with Crippen LogP contribution in [0.4, 0.5) is 0 Å². The molecule has 1 rings (SSSR count). The zero-order valence-electron chi connectivity index (χ0n) is 10.7. The van der Waals surface area contributed by atoms with Gasteiger partial charge in [-0.1, -0.05) is 12.8 Å². The van der Waals surface area contributed by atoms with E-state index in [1.54, 1.807) is 4.31 Å². The molecule has 1 saturated heterocycles. The lowest BCUT2D eigenvalue weighted by Crippen LogP contribution is -2.41. The topological polar surface area (TPSA) is 75.4 Å². The van der Waals surface area contributed by atoms with Crippen molar-refractivity contribution < 1.29 is 8.42 Å². The molecule has 1 aliphatic heterocycles. The first kappa shape index (κ1) is 14.9. The standard InChI is InChI=1S/C11H25N3O2S/c1-11(12)7-6-8-13-17(15,16)14-9-4-2-3-5-10-14/h11,13H,2-10,12H2,1H3. The quantitative estimate of drug-likeness (QED) is 0.697. The minimum Gasteiger partial charge on any atom is -0.328 e. The minimum absolute atomic E-state index is 0.137. The molecule has 6 heteroatoms. The Morgan fingerprint density at radius 1 is 1.24 bits per heavy atom. The average Bonchev–Trinajstić information content (AvgIpc) is 2.53. The first-order chi connectivity index (χ1) is 8.02. The lowest BCUT2D eigenvalue weighted by Gasteiger charge is -2.20. The predicted octanol–water partition coefficient (Wildman–Crippen LogP) is 0.824. The molecule has 0 aromatic carbocycles. The van der Waals surface area contributed by atoms with Gasteiger partial charge in [-0.2, -0.15) is 12.7 Å². The summed E-state index contributed by atoms with van der Waals surface area (Å²) in [6, 6.07) is 0.137. The molecule has 0 saturated carbocycles. The van der Waals surface area contributed by atoms with Crippen LogP contribution in [0.15, 0.2) is 0 Å². The highest BCUT2D eigenvalue weighted by molar-refractivity contribution is 7.87. The molecule has 17 heavy (non-hydrogen) atoms. The number of rotatable bonds is 6. The molecule has 1 unspecified atom stereocenters. The van der Waals surface area contributed by atoms with Gasteiger partial charge in [0, 0.05) is 25.7 Å². The van der Waals surface area contributed by atoms with Crippen LogP contribution >= 0.6 is 0 Å². The van der Waals surface area contributed by atoms with Crippen LogP contribution in [0.3, 0.4) is 0 Å². The zero-order valence-corrected chi connectivity index (χ0v) is 11.5. The smallest absolute Gasteiger partial charge is 0.279 e. The molecule has 5 nitrogen and oxygen atoms in total. The molecule has 0 aromatic rings. The van der Waals surface area contributed by atoms with E-state index in [0.29, 0.717) is 19.6 Å². The first-order valence-electron chi connectivity index (χ1n) is 6.52. The Hall–Kier alpha value is -0.170. The third-order valence-electron chi connectivity index (χ3n) is 3.03. The number of nitrogens with two attached hydrogens (primary N) is 1. The summed E-state index contributed by atoms with van der Waals surface area (Å²) >= 11 is 0. The Labute approximate surface area is 105 Å². The second kappa shape index (κ2) is 7.31. The molecule has 3 N–H and O–H groups in total. The van der Waals surface area contributed by atoms with Gasteiger partial charge in [0.2, 0.25) is 0 Å². The lowest BCUT2D eigenvalue weighted by atomic mass is 10.2. The number of nitrogens with zero attached hydrogens (tertiary/aromatic N) is 1. The molecule has 1 heterocycles. The molecule has 0 bridgehead atoms. The molecular formula is C11H25N3O2S. The van der Waals surface area contributed by atoms with E-state index in [2.05, 4.69) is 4.72 Å². The van der Waals surface area contributed by atoms with E-state index in [4.69, 9.17) is 5.73 Å². The Morgan fingerprint density at radius 3 is 2.35 bits per heavy atom. The molecule has 1 aliphatic rings. The fraction of sp³-hybridized carbons (Fsp3) is 1.00. The van der Waals surface area contributed by atoms with Crippen LogP contribution in [0.2, 0.25) is 0 Å². The number of hydrogen-bond donors (Lipinski definition) is 2. The van der Waals surface area contributed by atoms with E-state index < -0.39 is 10.2 Å². The largest absolute Gasteiger partial charge is 0.328 e. The Balaban J connectivity index is 2.33. The molecule has 0 amide bonds. The van der Waals surface area contributed by atoms with E-state index in [1.807, 2.05) is 6.92 Å². The van der Waals surface area contributed by atoms with Crippen molar-refractivity contribution in [2.24, 2.45) is 5.73 Å². The molecule has 1 fully saturated rings. The van der Waals surface area contributed by atoms with Gasteiger partial charge in [-0.25, -0.2) is 4.72 Å². The zero-order chi connectivity index (χ0) is 12.7. The van der Waals surface area contributed by atoms with E-state index in [-0.39, 0.29) is 6.04 Å². The maximum absolute atomic E-state index is 12.0. The average molecular weight is 263 g/mol. The molecule has 1 atom stereocenters. The Morgan fingerprint density at radius 2 is 1.82 bits per heavy atom. The summed E-state index contributed by atoms with van der Waals surface area (Å²) in [4.78, 5) is 0. The summed E-state index contributed by atoms with van der Waals surface area (Å²) in [6.45, 7) is 3.73. The van der Waals surface area contributed by atoms with E-state index in [1.165, 1.54) is 0 Å². The minimum atomic E-state index is -3.26. The van der Waals surface area contributed by atoms with Gasteiger partial charge in [-0.05, 0) is 32.6 Å². The van der Waals surface area contributed by atoms with Crippen LogP contribution in [-0.4, -0.2) is 38.4 Å². The second-order valence-electron chi connectivity index (χ2n) is 4.83. The maximum atomic E-state index is 12.0. The molecule has 102 valence electrons. The normalized spacial score (nSPS) is 21.1. The van der Waals surface area contributed by atoms with Gasteiger partial charge in [-0.15, -0.1) is 0 Å². The van der Waals surface area contributed by atoms with E-state index in [0.717, 1.165) is 38.5 Å². The van der Waals surface area contributed by atoms with Crippen molar-refractivity contribution >= 4 is 10.2 Å². The van der Waals surface area contributed by atoms with Crippen molar-refractivity contribution in [3.8, 4) is 0 Å². The summed E-state index contributed by atoms with van der Waals surface area (Å²) in [5.74, 6) is 0. The van der Waals surface area contributed by atoms with Crippen LogP contribution in [0, 0.1) is 0 Å². The summed E-state index contributed by atoms with van der Waals surface area (Å²) in [7, 11) is -3.26. The highest BCUT2D eigenvalue weighted by Gasteiger charge is 2.21. The van der Waals surface area contributed by atoms with Gasteiger partial charge in [0.25, 0.3) is 10.2 Å². The molecule has 0 radical (unpaired) electrons. The summed E-state index contributed by atoms with van der Waals surface area (Å²) < 4.78 is 28.2. The Bertz CT molecular complexity index is 296. The van der Waals surface area contributed by atoms with Crippen molar-refractivity contribution in [1.82, 2.24) is 9.03 Å². The van der Waals surface area contributed by atoms with Crippen molar-refractivity contribution in [3.63, 3.8) is 0 Å². The van der Waals surface area contributed by atoms with Crippen molar-refractivity contribution in [2.45, 2.75) is 51.5 Å². The van der Waals surface area contributed by atoms with Crippen LogP contribution in [0.1, 0.15) is 45.4 Å². The second-order valence-corrected chi connectivity index (χ2v) is 6.59. The predicted molar refractivity (Wildman–Crippen MR) is 69.8 cm³/mol. The summed E-state index contributed by atoms with van der Waals surface area (Å²) in [6.07, 6.45) is 5.86. The third-order valence-corrected chi connectivity index (χ3v) is 4.64. The van der Waals surface area contributed by atoms with Crippen LogP contribution in [0.5, 0.6) is 0 Å². The summed E-state index contributed by atoms with van der Waals surface area (Å²) in [5.41, 5.74) is 5.62. The van der Waals surface area contributed by atoms with Crippen LogP contribution in [-0.2, 0) is 10.2 Å². The highest BCUT2D eigenvalue weighted by atomic mass is 32.2. The van der Waals surface area contributed by atoms with Crippen molar-refractivity contribution in [2.75, 3.05) is 19.6 Å². The van der Waals surface area contributed by atoms with Gasteiger partial charge in [0.1, 0.15) is 0 Å². The SMILES string of the molecule is CC(N)CCCNS(=O)(=O)N1CCCCCC1. The van der Waals surface area contributed by atoms with Crippen LogP contribution < -0.4 is 10.5 Å². The summed E-state index contributed by atoms with van der Waals surface area (Å²) in [5, 5.41) is 0. The Kier molecular flexibility index (Phi) is 6.40. The van der Waals surface area contributed by atoms with E-state index >= 15 is 0 Å². The highest BCUT2D eigenvalue weighted by Crippen LogP contribution is 2.12. The maximum Gasteiger partial charge on any atom is 0.279 e. The molecule has 0 spiro atoms. The van der Waals surface area contributed by atoms with Crippen LogP contribution in [0.25, 0.3) is 0 Å². The fourth-order valence-corrected chi connectivity index (χ4v) is 3.32. The van der Waals surface area contributed by atoms with E-state index in [9.17, 15) is 8.42 Å². The van der Waals surface area contributed by atoms with Gasteiger partial charge in [-0.3, -0.25) is 0 Å².